The molecule has 0 fully saturated rings. The molecule has 6 aromatic rings. The van der Waals surface area contributed by atoms with E-state index >= 15 is 0 Å². The summed E-state index contributed by atoms with van der Waals surface area (Å²) in [5, 5.41) is 0. The Bertz CT molecular complexity index is 1830. The van der Waals surface area contributed by atoms with E-state index in [1.807, 2.05) is 48.5 Å². The molecule has 6 rings (SSSR count). The second kappa shape index (κ2) is 13.8. The predicted octanol–water partition coefficient (Wildman–Crippen LogP) is 9.46. The van der Waals surface area contributed by atoms with E-state index in [2.05, 4.69) is 100 Å². The molecule has 1 aromatic heterocycles. The van der Waals surface area contributed by atoms with Gasteiger partial charge < -0.3 is 18.9 Å². The Morgan fingerprint density at radius 1 is 0.438 bits per heavy atom. The second-order valence-corrected chi connectivity index (χ2v) is 12.9. The zero-order chi connectivity index (χ0) is 33.7. The van der Waals surface area contributed by atoms with Crippen LogP contribution in [0.5, 0.6) is 23.0 Å². The molecular formula is C42H42N2O4. The Labute approximate surface area is 283 Å². The molecule has 0 unspecified atom stereocenters. The van der Waals surface area contributed by atoms with E-state index in [0.29, 0.717) is 33.9 Å². The van der Waals surface area contributed by atoms with Crippen molar-refractivity contribution in [1.82, 2.24) is 9.97 Å². The lowest BCUT2D eigenvalue weighted by Gasteiger charge is -2.26. The van der Waals surface area contributed by atoms with Crippen molar-refractivity contribution in [2.75, 3.05) is 14.2 Å². The standard InChI is InChI=1S/C42H42N2O4/c1-41(2,29-13-9-7-10-14-29)31-17-21-33(22-18-31)47-27-35-36(44-40-38(46-6)26-25-37(45-5)39(40)43-35)28-48-34-23-19-32(20-24-34)42(3,4)30-15-11-8-12-16-30/h7-26H,27-28H2,1-6H3. The van der Waals surface area contributed by atoms with E-state index in [0.717, 1.165) is 11.5 Å². The molecule has 6 nitrogen and oxygen atoms in total. The molecule has 1 heterocycles. The quantitative estimate of drug-likeness (QED) is 0.133. The van der Waals surface area contributed by atoms with Gasteiger partial charge in [-0.1, -0.05) is 113 Å². The summed E-state index contributed by atoms with van der Waals surface area (Å²) in [6.07, 6.45) is 0. The Morgan fingerprint density at radius 2 is 0.771 bits per heavy atom. The average Bonchev–Trinajstić information content (AvgIpc) is 3.13. The van der Waals surface area contributed by atoms with E-state index in [4.69, 9.17) is 28.9 Å². The monoisotopic (exact) mass is 638 g/mol. The smallest absolute Gasteiger partial charge is 0.146 e. The lowest BCUT2D eigenvalue weighted by Crippen LogP contribution is -2.18. The molecule has 0 bridgehead atoms. The number of rotatable bonds is 12. The minimum atomic E-state index is -0.140. The van der Waals surface area contributed by atoms with Crippen LogP contribution in [-0.4, -0.2) is 24.2 Å². The topological polar surface area (TPSA) is 62.7 Å². The minimum absolute atomic E-state index is 0.140. The highest BCUT2D eigenvalue weighted by molar-refractivity contribution is 5.87. The SMILES string of the molecule is COc1ccc(OC)c2nc(COc3ccc(C(C)(C)c4ccccc4)cc3)c(COc3ccc(C(C)(C)c4ccccc4)cc3)nc12. The molecule has 0 spiro atoms. The van der Waals surface area contributed by atoms with Gasteiger partial charge in [-0.2, -0.15) is 0 Å². The maximum Gasteiger partial charge on any atom is 0.146 e. The van der Waals surface area contributed by atoms with Gasteiger partial charge in [0.1, 0.15) is 58.6 Å². The molecule has 0 atom stereocenters. The number of fused-ring (bicyclic) bond motifs is 1. The predicted molar refractivity (Wildman–Crippen MR) is 191 cm³/mol. The van der Waals surface area contributed by atoms with Gasteiger partial charge >= 0.3 is 0 Å². The van der Waals surface area contributed by atoms with Crippen molar-refractivity contribution in [1.29, 1.82) is 0 Å². The summed E-state index contributed by atoms with van der Waals surface area (Å²) in [5.74, 6) is 2.70. The Kier molecular flexibility index (Phi) is 9.35. The van der Waals surface area contributed by atoms with Crippen LogP contribution in [0.3, 0.4) is 0 Å². The van der Waals surface area contributed by atoms with Gasteiger partial charge in [0.2, 0.25) is 0 Å². The molecule has 48 heavy (non-hydrogen) atoms. The summed E-state index contributed by atoms with van der Waals surface area (Å²) in [5.41, 5.74) is 7.17. The number of hydrogen-bond acceptors (Lipinski definition) is 6. The van der Waals surface area contributed by atoms with Crippen molar-refractivity contribution in [2.45, 2.75) is 51.7 Å². The largest absolute Gasteiger partial charge is 0.494 e. The highest BCUT2D eigenvalue weighted by Crippen LogP contribution is 2.35. The third-order valence-corrected chi connectivity index (χ3v) is 9.24. The van der Waals surface area contributed by atoms with Crippen molar-refractivity contribution in [3.05, 3.63) is 155 Å². The van der Waals surface area contributed by atoms with Crippen LogP contribution in [0, 0.1) is 0 Å². The van der Waals surface area contributed by atoms with Crippen molar-refractivity contribution in [3.8, 4) is 23.0 Å². The van der Waals surface area contributed by atoms with Crippen molar-refractivity contribution < 1.29 is 18.9 Å². The van der Waals surface area contributed by atoms with E-state index in [1.54, 1.807) is 14.2 Å². The van der Waals surface area contributed by atoms with E-state index in [1.165, 1.54) is 22.3 Å². The number of nitrogens with zero attached hydrogens (tertiary/aromatic N) is 2. The average molecular weight is 639 g/mol. The fraction of sp³-hybridized carbons (Fsp3) is 0.238. The fourth-order valence-electron chi connectivity index (χ4n) is 6.00. The minimum Gasteiger partial charge on any atom is -0.494 e. The third kappa shape index (κ3) is 6.70. The lowest BCUT2D eigenvalue weighted by atomic mass is 9.78. The summed E-state index contributed by atoms with van der Waals surface area (Å²) >= 11 is 0. The number of hydrogen-bond donors (Lipinski definition) is 0. The maximum atomic E-state index is 6.30. The Hall–Kier alpha value is -5.36. The maximum absolute atomic E-state index is 6.30. The number of aromatic nitrogens is 2. The first-order chi connectivity index (χ1) is 23.2. The van der Waals surface area contributed by atoms with Gasteiger partial charge in [-0.15, -0.1) is 0 Å². The molecule has 0 radical (unpaired) electrons. The van der Waals surface area contributed by atoms with Gasteiger partial charge in [0.15, 0.2) is 0 Å². The molecule has 0 amide bonds. The summed E-state index contributed by atoms with van der Waals surface area (Å²) in [7, 11) is 3.24. The van der Waals surface area contributed by atoms with Crippen LogP contribution in [0.4, 0.5) is 0 Å². The molecule has 0 saturated carbocycles. The fourth-order valence-corrected chi connectivity index (χ4v) is 6.00. The van der Waals surface area contributed by atoms with Gasteiger partial charge in [0.05, 0.1) is 14.2 Å². The zero-order valence-electron chi connectivity index (χ0n) is 28.5. The normalized spacial score (nSPS) is 11.7. The summed E-state index contributed by atoms with van der Waals surface area (Å²) in [6, 6.07) is 41.2. The highest BCUT2D eigenvalue weighted by atomic mass is 16.5. The summed E-state index contributed by atoms with van der Waals surface area (Å²) < 4.78 is 23.9. The van der Waals surface area contributed by atoms with Crippen LogP contribution in [-0.2, 0) is 24.0 Å². The highest BCUT2D eigenvalue weighted by Gasteiger charge is 2.24. The van der Waals surface area contributed by atoms with E-state index in [-0.39, 0.29) is 24.0 Å². The first-order valence-corrected chi connectivity index (χ1v) is 16.2. The molecule has 0 aliphatic rings. The Morgan fingerprint density at radius 3 is 1.10 bits per heavy atom. The molecular weight excluding hydrogens is 596 g/mol. The van der Waals surface area contributed by atoms with Gasteiger partial charge in [-0.25, -0.2) is 9.97 Å². The Balaban J connectivity index is 1.25. The van der Waals surface area contributed by atoms with Crippen molar-refractivity contribution >= 4 is 11.0 Å². The van der Waals surface area contributed by atoms with Crippen molar-refractivity contribution in [3.63, 3.8) is 0 Å². The molecule has 0 N–H and O–H groups in total. The van der Waals surface area contributed by atoms with Crippen LogP contribution in [0.15, 0.2) is 121 Å². The molecule has 244 valence electrons. The van der Waals surface area contributed by atoms with Crippen LogP contribution in [0.1, 0.15) is 61.3 Å². The van der Waals surface area contributed by atoms with Crippen molar-refractivity contribution in [2.24, 2.45) is 0 Å². The number of methoxy groups -OCH3 is 2. The van der Waals surface area contributed by atoms with Gasteiger partial charge in [-0.3, -0.25) is 0 Å². The van der Waals surface area contributed by atoms with Crippen LogP contribution in [0.25, 0.3) is 11.0 Å². The first kappa shape index (κ1) is 32.6. The first-order valence-electron chi connectivity index (χ1n) is 16.2. The van der Waals surface area contributed by atoms with E-state index in [9.17, 15) is 0 Å². The lowest BCUT2D eigenvalue weighted by molar-refractivity contribution is 0.277. The second-order valence-electron chi connectivity index (χ2n) is 12.9. The van der Waals surface area contributed by atoms with Gasteiger partial charge in [0, 0.05) is 10.8 Å². The third-order valence-electron chi connectivity index (χ3n) is 9.24. The van der Waals surface area contributed by atoms with Crippen LogP contribution in [0.2, 0.25) is 0 Å². The summed E-state index contributed by atoms with van der Waals surface area (Å²) in [6.45, 7) is 9.33. The number of ether oxygens (including phenoxy) is 4. The molecule has 0 aliphatic carbocycles. The summed E-state index contributed by atoms with van der Waals surface area (Å²) in [4.78, 5) is 9.97. The van der Waals surface area contributed by atoms with Gasteiger partial charge in [0.25, 0.3) is 0 Å². The molecule has 0 aliphatic heterocycles. The van der Waals surface area contributed by atoms with Gasteiger partial charge in [-0.05, 0) is 58.7 Å². The molecule has 0 saturated heterocycles. The molecule has 6 heteroatoms. The van der Waals surface area contributed by atoms with Crippen LogP contribution < -0.4 is 18.9 Å². The number of benzene rings is 5. The molecule has 5 aromatic carbocycles. The van der Waals surface area contributed by atoms with E-state index < -0.39 is 0 Å². The van der Waals surface area contributed by atoms with Crippen LogP contribution >= 0.6 is 0 Å². The zero-order valence-corrected chi connectivity index (χ0v) is 28.5.